The molecule has 0 bridgehead atoms. The van der Waals surface area contributed by atoms with Gasteiger partial charge < -0.3 is 5.73 Å². The predicted molar refractivity (Wildman–Crippen MR) is 60.2 cm³/mol. The number of benzene rings is 1. The van der Waals surface area contributed by atoms with Crippen LogP contribution in [0.3, 0.4) is 0 Å². The van der Waals surface area contributed by atoms with Crippen LogP contribution in [-0.4, -0.2) is 5.54 Å². The second-order valence-corrected chi connectivity index (χ2v) is 4.84. The molecule has 2 rings (SSSR count). The van der Waals surface area contributed by atoms with Gasteiger partial charge in [0.15, 0.2) is 0 Å². The SMILES string of the molecule is CCC(CC1(N)CC1)c1ccc(F)cc1F. The fourth-order valence-electron chi connectivity index (χ4n) is 2.16. The van der Waals surface area contributed by atoms with Crippen molar-refractivity contribution in [1.82, 2.24) is 0 Å². The minimum Gasteiger partial charge on any atom is -0.325 e. The molecular formula is C13H17F2N. The van der Waals surface area contributed by atoms with Gasteiger partial charge in [0.25, 0.3) is 0 Å². The van der Waals surface area contributed by atoms with Crippen molar-refractivity contribution < 1.29 is 8.78 Å². The van der Waals surface area contributed by atoms with Crippen molar-refractivity contribution in [3.8, 4) is 0 Å². The first-order chi connectivity index (χ1) is 7.54. The molecular weight excluding hydrogens is 208 g/mol. The standard InChI is InChI=1S/C13H17F2N/c1-2-9(8-13(16)5-6-13)11-4-3-10(14)7-12(11)15/h3-4,7,9H,2,5-6,8,16H2,1H3. The molecule has 1 nitrogen and oxygen atoms in total. The lowest BCUT2D eigenvalue weighted by Gasteiger charge is -2.20. The van der Waals surface area contributed by atoms with Crippen LogP contribution >= 0.6 is 0 Å². The van der Waals surface area contributed by atoms with Crippen LogP contribution in [0.2, 0.25) is 0 Å². The maximum atomic E-state index is 13.6. The van der Waals surface area contributed by atoms with E-state index in [2.05, 4.69) is 0 Å². The van der Waals surface area contributed by atoms with Crippen LogP contribution in [0.4, 0.5) is 8.78 Å². The Morgan fingerprint density at radius 2 is 2.06 bits per heavy atom. The summed E-state index contributed by atoms with van der Waals surface area (Å²) in [6.45, 7) is 2.01. The van der Waals surface area contributed by atoms with Gasteiger partial charge in [-0.05, 0) is 43.2 Å². The highest BCUT2D eigenvalue weighted by molar-refractivity contribution is 5.24. The molecule has 0 spiro atoms. The minimum atomic E-state index is -0.523. The molecule has 1 aromatic carbocycles. The van der Waals surface area contributed by atoms with Crippen LogP contribution in [0.1, 0.15) is 44.1 Å². The van der Waals surface area contributed by atoms with E-state index in [0.29, 0.717) is 5.56 Å². The van der Waals surface area contributed by atoms with E-state index in [-0.39, 0.29) is 11.5 Å². The third kappa shape index (κ3) is 2.40. The summed E-state index contributed by atoms with van der Waals surface area (Å²) >= 11 is 0. The molecule has 3 heteroatoms. The van der Waals surface area contributed by atoms with Gasteiger partial charge in [-0.15, -0.1) is 0 Å². The summed E-state index contributed by atoms with van der Waals surface area (Å²) in [5, 5.41) is 0. The highest BCUT2D eigenvalue weighted by Crippen LogP contribution is 2.42. The molecule has 1 aromatic rings. The summed E-state index contributed by atoms with van der Waals surface area (Å²) in [6.07, 6.45) is 3.67. The van der Waals surface area contributed by atoms with E-state index in [1.807, 2.05) is 6.92 Å². The Morgan fingerprint density at radius 3 is 2.56 bits per heavy atom. The van der Waals surface area contributed by atoms with Crippen LogP contribution in [0.15, 0.2) is 18.2 Å². The molecule has 1 aliphatic rings. The van der Waals surface area contributed by atoms with Crippen LogP contribution in [0, 0.1) is 11.6 Å². The topological polar surface area (TPSA) is 26.0 Å². The van der Waals surface area contributed by atoms with E-state index in [1.165, 1.54) is 6.07 Å². The van der Waals surface area contributed by atoms with E-state index in [0.717, 1.165) is 31.7 Å². The van der Waals surface area contributed by atoms with Crippen molar-refractivity contribution in [2.45, 2.75) is 44.1 Å². The van der Waals surface area contributed by atoms with E-state index in [9.17, 15) is 8.78 Å². The average Bonchev–Trinajstić information content (AvgIpc) is 2.94. The van der Waals surface area contributed by atoms with E-state index >= 15 is 0 Å². The smallest absolute Gasteiger partial charge is 0.129 e. The molecule has 1 aliphatic carbocycles. The van der Waals surface area contributed by atoms with E-state index < -0.39 is 11.6 Å². The maximum absolute atomic E-state index is 13.6. The molecule has 0 radical (unpaired) electrons. The van der Waals surface area contributed by atoms with Crippen molar-refractivity contribution >= 4 is 0 Å². The zero-order chi connectivity index (χ0) is 11.8. The second-order valence-electron chi connectivity index (χ2n) is 4.84. The summed E-state index contributed by atoms with van der Waals surface area (Å²) in [4.78, 5) is 0. The van der Waals surface area contributed by atoms with E-state index in [1.54, 1.807) is 6.07 Å². The lowest BCUT2D eigenvalue weighted by atomic mass is 9.89. The largest absolute Gasteiger partial charge is 0.325 e. The third-order valence-electron chi connectivity index (χ3n) is 3.44. The monoisotopic (exact) mass is 225 g/mol. The fraction of sp³-hybridized carbons (Fsp3) is 0.538. The fourth-order valence-corrected chi connectivity index (χ4v) is 2.16. The molecule has 1 saturated carbocycles. The highest BCUT2D eigenvalue weighted by Gasteiger charge is 2.40. The van der Waals surface area contributed by atoms with Crippen LogP contribution in [-0.2, 0) is 0 Å². The zero-order valence-electron chi connectivity index (χ0n) is 9.47. The first-order valence-electron chi connectivity index (χ1n) is 5.78. The van der Waals surface area contributed by atoms with Gasteiger partial charge in [0.2, 0.25) is 0 Å². The Balaban J connectivity index is 2.19. The summed E-state index contributed by atoms with van der Waals surface area (Å²) in [5.74, 6) is -0.866. The molecule has 0 amide bonds. The average molecular weight is 225 g/mol. The van der Waals surface area contributed by atoms with Gasteiger partial charge in [0, 0.05) is 11.6 Å². The molecule has 0 aromatic heterocycles. The summed E-state index contributed by atoms with van der Waals surface area (Å²) < 4.78 is 26.4. The Kier molecular flexibility index (Phi) is 2.98. The molecule has 0 heterocycles. The lowest BCUT2D eigenvalue weighted by Crippen LogP contribution is -2.24. The first kappa shape index (κ1) is 11.5. The molecule has 2 N–H and O–H groups in total. The molecule has 1 fully saturated rings. The summed E-state index contributed by atoms with van der Waals surface area (Å²) in [7, 11) is 0. The minimum absolute atomic E-state index is 0.0957. The number of rotatable bonds is 4. The van der Waals surface area contributed by atoms with Gasteiger partial charge >= 0.3 is 0 Å². The maximum Gasteiger partial charge on any atom is 0.129 e. The molecule has 1 atom stereocenters. The molecule has 0 saturated heterocycles. The molecule has 16 heavy (non-hydrogen) atoms. The normalized spacial score (nSPS) is 19.5. The van der Waals surface area contributed by atoms with Crippen molar-refractivity contribution in [2.75, 3.05) is 0 Å². The van der Waals surface area contributed by atoms with Crippen molar-refractivity contribution in [2.24, 2.45) is 5.73 Å². The predicted octanol–water partition coefficient (Wildman–Crippen LogP) is 3.34. The zero-order valence-corrected chi connectivity index (χ0v) is 9.47. The van der Waals surface area contributed by atoms with Gasteiger partial charge in [-0.2, -0.15) is 0 Å². The molecule has 1 unspecified atom stereocenters. The third-order valence-corrected chi connectivity index (χ3v) is 3.44. The first-order valence-corrected chi connectivity index (χ1v) is 5.78. The van der Waals surface area contributed by atoms with Crippen LogP contribution in [0.5, 0.6) is 0 Å². The van der Waals surface area contributed by atoms with Crippen LogP contribution in [0.25, 0.3) is 0 Å². The number of halogens is 2. The van der Waals surface area contributed by atoms with Crippen LogP contribution < -0.4 is 5.73 Å². The number of nitrogens with two attached hydrogens (primary N) is 1. The number of hydrogen-bond donors (Lipinski definition) is 1. The van der Waals surface area contributed by atoms with Gasteiger partial charge in [0.05, 0.1) is 0 Å². The summed E-state index contributed by atoms with van der Waals surface area (Å²) in [5.41, 5.74) is 6.55. The molecule has 88 valence electrons. The Labute approximate surface area is 94.7 Å². The van der Waals surface area contributed by atoms with E-state index in [4.69, 9.17) is 5.73 Å². The Hall–Kier alpha value is -0.960. The van der Waals surface area contributed by atoms with Gasteiger partial charge in [-0.3, -0.25) is 0 Å². The Bertz CT molecular complexity index is 386. The quantitative estimate of drug-likeness (QED) is 0.835. The second kappa shape index (κ2) is 4.13. The lowest BCUT2D eigenvalue weighted by molar-refractivity contribution is 0.479. The van der Waals surface area contributed by atoms with Gasteiger partial charge in [-0.1, -0.05) is 13.0 Å². The Morgan fingerprint density at radius 1 is 1.38 bits per heavy atom. The highest BCUT2D eigenvalue weighted by atomic mass is 19.1. The van der Waals surface area contributed by atoms with Crippen molar-refractivity contribution in [3.05, 3.63) is 35.4 Å². The molecule has 0 aliphatic heterocycles. The van der Waals surface area contributed by atoms with Crippen molar-refractivity contribution in [3.63, 3.8) is 0 Å². The number of hydrogen-bond acceptors (Lipinski definition) is 1. The summed E-state index contributed by atoms with van der Waals surface area (Å²) in [6, 6.07) is 3.82. The van der Waals surface area contributed by atoms with Crippen molar-refractivity contribution in [1.29, 1.82) is 0 Å². The van der Waals surface area contributed by atoms with Gasteiger partial charge in [0.1, 0.15) is 11.6 Å². The van der Waals surface area contributed by atoms with Gasteiger partial charge in [-0.25, -0.2) is 8.78 Å².